The zero-order valence-electron chi connectivity index (χ0n) is 12.5. The largest absolute Gasteiger partial charge is 0.383 e. The van der Waals surface area contributed by atoms with Crippen molar-refractivity contribution in [1.82, 2.24) is 0 Å². The van der Waals surface area contributed by atoms with E-state index in [4.69, 9.17) is 0 Å². The Morgan fingerprint density at radius 2 is 1.63 bits per heavy atom. The number of carbonyl (C=O) groups is 1. The lowest BCUT2D eigenvalue weighted by Crippen LogP contribution is -2.16. The number of rotatable bonds is 7. The summed E-state index contributed by atoms with van der Waals surface area (Å²) >= 11 is 0. The summed E-state index contributed by atoms with van der Waals surface area (Å²) in [6, 6.07) is 8.36. The quantitative estimate of drug-likeness (QED) is 0.770. The Morgan fingerprint density at radius 3 is 2.16 bits per heavy atom. The molecule has 0 radical (unpaired) electrons. The van der Waals surface area contributed by atoms with Crippen molar-refractivity contribution >= 4 is 17.3 Å². The molecule has 0 saturated carbocycles. The summed E-state index contributed by atoms with van der Waals surface area (Å²) in [7, 11) is 0. The molecule has 3 nitrogen and oxygen atoms in total. The molecule has 0 aliphatic carbocycles. The van der Waals surface area contributed by atoms with Crippen LogP contribution >= 0.6 is 0 Å². The number of benzene rings is 1. The molecule has 2 N–H and O–H groups in total. The van der Waals surface area contributed by atoms with Crippen molar-refractivity contribution in [2.75, 3.05) is 10.6 Å². The molecule has 1 aromatic carbocycles. The average molecular weight is 262 g/mol. The number of nitrogens with one attached hydrogen (secondary N) is 2. The van der Waals surface area contributed by atoms with Crippen LogP contribution in [0, 0.1) is 5.92 Å². The zero-order chi connectivity index (χ0) is 14.3. The highest BCUT2D eigenvalue weighted by molar-refractivity contribution is 5.90. The summed E-state index contributed by atoms with van der Waals surface area (Å²) in [6.07, 6.45) is 2.91. The first kappa shape index (κ1) is 15.5. The number of anilines is 2. The van der Waals surface area contributed by atoms with Crippen molar-refractivity contribution in [3.8, 4) is 0 Å². The van der Waals surface area contributed by atoms with E-state index in [1.807, 2.05) is 31.2 Å². The fourth-order valence-electron chi connectivity index (χ4n) is 1.84. The highest BCUT2D eigenvalue weighted by atomic mass is 16.1. The number of hydrogen-bond donors (Lipinski definition) is 2. The van der Waals surface area contributed by atoms with Gasteiger partial charge in [0.05, 0.1) is 0 Å². The molecule has 0 aliphatic rings. The minimum absolute atomic E-state index is 0.0472. The van der Waals surface area contributed by atoms with E-state index in [-0.39, 0.29) is 5.91 Å². The van der Waals surface area contributed by atoms with Gasteiger partial charge in [-0.05, 0) is 49.9 Å². The van der Waals surface area contributed by atoms with Gasteiger partial charge in [0.25, 0.3) is 0 Å². The van der Waals surface area contributed by atoms with E-state index < -0.39 is 0 Å². The minimum Gasteiger partial charge on any atom is -0.383 e. The number of amides is 1. The Bertz CT molecular complexity index is 384. The molecular formula is C16H26N2O. The van der Waals surface area contributed by atoms with Gasteiger partial charge >= 0.3 is 0 Å². The van der Waals surface area contributed by atoms with Crippen LogP contribution in [0.3, 0.4) is 0 Å². The van der Waals surface area contributed by atoms with Gasteiger partial charge in [0, 0.05) is 23.8 Å². The Labute approximate surface area is 116 Å². The second kappa shape index (κ2) is 7.82. The van der Waals surface area contributed by atoms with Crippen molar-refractivity contribution in [1.29, 1.82) is 0 Å². The first-order chi connectivity index (χ1) is 9.01. The molecule has 1 unspecified atom stereocenters. The van der Waals surface area contributed by atoms with Crippen LogP contribution in [0.15, 0.2) is 24.3 Å². The Morgan fingerprint density at radius 1 is 1.05 bits per heavy atom. The van der Waals surface area contributed by atoms with Crippen molar-refractivity contribution in [2.24, 2.45) is 5.92 Å². The molecule has 1 amide bonds. The van der Waals surface area contributed by atoms with Crippen LogP contribution in [0.4, 0.5) is 11.4 Å². The summed E-state index contributed by atoms with van der Waals surface area (Å²) < 4.78 is 0. The van der Waals surface area contributed by atoms with Gasteiger partial charge in [0.1, 0.15) is 0 Å². The molecule has 1 rings (SSSR count). The lowest BCUT2D eigenvalue weighted by atomic mass is 10.0. The van der Waals surface area contributed by atoms with E-state index in [9.17, 15) is 4.79 Å². The van der Waals surface area contributed by atoms with Gasteiger partial charge < -0.3 is 10.6 Å². The molecule has 1 aromatic rings. The highest BCUT2D eigenvalue weighted by Crippen LogP contribution is 2.16. The number of carbonyl (C=O) groups excluding carboxylic acids is 1. The molecular weight excluding hydrogens is 236 g/mol. The van der Waals surface area contributed by atoms with Crippen molar-refractivity contribution in [3.63, 3.8) is 0 Å². The maximum absolute atomic E-state index is 11.3. The molecule has 0 heterocycles. The van der Waals surface area contributed by atoms with E-state index >= 15 is 0 Å². The number of hydrogen-bond acceptors (Lipinski definition) is 2. The Balaban J connectivity index is 2.45. The first-order valence-electron chi connectivity index (χ1n) is 7.17. The van der Waals surface area contributed by atoms with Crippen LogP contribution in [0.25, 0.3) is 0 Å². The molecule has 19 heavy (non-hydrogen) atoms. The summed E-state index contributed by atoms with van der Waals surface area (Å²) in [4.78, 5) is 11.3. The maximum atomic E-state index is 11.3. The van der Waals surface area contributed by atoms with Gasteiger partial charge in [-0.1, -0.05) is 20.8 Å². The average Bonchev–Trinajstić information content (AvgIpc) is 2.38. The Kier molecular flexibility index (Phi) is 6.40. The van der Waals surface area contributed by atoms with Crippen LogP contribution in [0.1, 0.15) is 47.0 Å². The highest BCUT2D eigenvalue weighted by Gasteiger charge is 2.04. The maximum Gasteiger partial charge on any atom is 0.224 e. The molecule has 0 spiro atoms. The SMILES string of the molecule is CCC(=O)Nc1ccc(NC(C)CCC(C)C)cc1. The van der Waals surface area contributed by atoms with Gasteiger partial charge in [-0.3, -0.25) is 4.79 Å². The van der Waals surface area contributed by atoms with Crippen LogP contribution in [-0.2, 0) is 4.79 Å². The fourth-order valence-corrected chi connectivity index (χ4v) is 1.84. The predicted molar refractivity (Wildman–Crippen MR) is 82.5 cm³/mol. The van der Waals surface area contributed by atoms with Gasteiger partial charge in [-0.15, -0.1) is 0 Å². The molecule has 0 saturated heterocycles. The second-order valence-electron chi connectivity index (χ2n) is 5.50. The third-order valence-corrected chi connectivity index (χ3v) is 3.08. The molecule has 0 fully saturated rings. The molecule has 0 aliphatic heterocycles. The third kappa shape index (κ3) is 6.27. The smallest absolute Gasteiger partial charge is 0.224 e. The monoisotopic (exact) mass is 262 g/mol. The van der Waals surface area contributed by atoms with Crippen LogP contribution in [0.2, 0.25) is 0 Å². The van der Waals surface area contributed by atoms with E-state index in [0.29, 0.717) is 12.5 Å². The topological polar surface area (TPSA) is 41.1 Å². The Hall–Kier alpha value is -1.51. The molecule has 0 bridgehead atoms. The van der Waals surface area contributed by atoms with E-state index in [2.05, 4.69) is 31.4 Å². The lowest BCUT2D eigenvalue weighted by Gasteiger charge is -2.16. The van der Waals surface area contributed by atoms with Crippen LogP contribution in [0.5, 0.6) is 0 Å². The van der Waals surface area contributed by atoms with Crippen molar-refractivity contribution < 1.29 is 4.79 Å². The molecule has 1 atom stereocenters. The summed E-state index contributed by atoms with van der Waals surface area (Å²) in [6.45, 7) is 8.55. The van der Waals surface area contributed by atoms with E-state index in [0.717, 1.165) is 17.3 Å². The lowest BCUT2D eigenvalue weighted by molar-refractivity contribution is -0.115. The predicted octanol–water partition coefficient (Wildman–Crippen LogP) is 4.27. The van der Waals surface area contributed by atoms with Crippen LogP contribution in [-0.4, -0.2) is 11.9 Å². The van der Waals surface area contributed by atoms with Gasteiger partial charge in [-0.25, -0.2) is 0 Å². The van der Waals surface area contributed by atoms with Crippen molar-refractivity contribution in [3.05, 3.63) is 24.3 Å². The standard InChI is InChI=1S/C16H26N2O/c1-5-16(19)18-15-10-8-14(9-11-15)17-13(4)7-6-12(2)3/h8-13,17H,5-7H2,1-4H3,(H,18,19). The van der Waals surface area contributed by atoms with Gasteiger partial charge in [-0.2, -0.15) is 0 Å². The summed E-state index contributed by atoms with van der Waals surface area (Å²) in [5, 5.41) is 6.32. The molecule has 3 heteroatoms. The summed E-state index contributed by atoms with van der Waals surface area (Å²) in [5.74, 6) is 0.793. The van der Waals surface area contributed by atoms with E-state index in [1.165, 1.54) is 12.8 Å². The molecule has 106 valence electrons. The third-order valence-electron chi connectivity index (χ3n) is 3.08. The summed E-state index contributed by atoms with van der Waals surface area (Å²) in [5.41, 5.74) is 1.96. The van der Waals surface area contributed by atoms with E-state index in [1.54, 1.807) is 0 Å². The minimum atomic E-state index is 0.0472. The molecule has 0 aromatic heterocycles. The van der Waals surface area contributed by atoms with Crippen LogP contribution < -0.4 is 10.6 Å². The van der Waals surface area contributed by atoms with Gasteiger partial charge in [0.15, 0.2) is 0 Å². The first-order valence-corrected chi connectivity index (χ1v) is 7.17. The van der Waals surface area contributed by atoms with Gasteiger partial charge in [0.2, 0.25) is 5.91 Å². The second-order valence-corrected chi connectivity index (χ2v) is 5.50. The van der Waals surface area contributed by atoms with Crippen molar-refractivity contribution in [2.45, 2.75) is 53.0 Å². The normalized spacial score (nSPS) is 12.3. The zero-order valence-corrected chi connectivity index (χ0v) is 12.5. The fraction of sp³-hybridized carbons (Fsp3) is 0.562.